The number of carbonyl (C=O) groups excluding carboxylic acids is 1. The lowest BCUT2D eigenvalue weighted by Crippen LogP contribution is -2.34. The van der Waals surface area contributed by atoms with E-state index in [1.165, 1.54) is 11.3 Å². The number of nitrogen functional groups attached to an aromatic ring is 1. The summed E-state index contributed by atoms with van der Waals surface area (Å²) in [6.07, 6.45) is 1.07. The van der Waals surface area contributed by atoms with Gasteiger partial charge in [-0.1, -0.05) is 36.2 Å². The van der Waals surface area contributed by atoms with Crippen LogP contribution < -0.4 is 5.73 Å². The van der Waals surface area contributed by atoms with Gasteiger partial charge in [0.15, 0.2) is 0 Å². The number of nitrogens with two attached hydrogens (primary N) is 1. The number of amides is 1. The molecule has 0 fully saturated rings. The summed E-state index contributed by atoms with van der Waals surface area (Å²) in [7, 11) is 0. The largest absolute Gasteiger partial charge is 0.397 e. The third-order valence-corrected chi connectivity index (χ3v) is 5.45. The minimum Gasteiger partial charge on any atom is -0.397 e. The second-order valence-corrected chi connectivity index (χ2v) is 7.31. The summed E-state index contributed by atoms with van der Waals surface area (Å²) in [6.45, 7) is 7.82. The van der Waals surface area contributed by atoms with Crippen LogP contribution in [-0.2, 0) is 0 Å². The predicted octanol–water partition coefficient (Wildman–Crippen LogP) is 4.75. The van der Waals surface area contributed by atoms with Gasteiger partial charge >= 0.3 is 0 Å². The Morgan fingerprint density at radius 3 is 2.76 bits per heavy atom. The number of hydrogen-bond donors (Lipinski definition) is 1. The van der Waals surface area contributed by atoms with Crippen LogP contribution in [0.4, 0.5) is 5.69 Å². The normalized spacial score (nSPS) is 12.6. The van der Waals surface area contributed by atoms with Crippen LogP contribution in [0.5, 0.6) is 0 Å². The van der Waals surface area contributed by atoms with Crippen molar-refractivity contribution in [2.75, 3.05) is 18.8 Å². The Morgan fingerprint density at radius 2 is 2.14 bits per heavy atom. The maximum atomic E-state index is 12.7. The smallest absolute Gasteiger partial charge is 0.266 e. The summed E-state index contributed by atoms with van der Waals surface area (Å²) in [5, 5.41) is 0.956. The zero-order valence-electron chi connectivity index (χ0n) is 12.6. The van der Waals surface area contributed by atoms with Crippen LogP contribution in [0.25, 0.3) is 10.1 Å². The molecule has 1 aromatic heterocycles. The molecule has 1 aromatic carbocycles. The molecule has 0 radical (unpaired) electrons. The number of carbonyl (C=O) groups is 1. The zero-order valence-corrected chi connectivity index (χ0v) is 15.1. The van der Waals surface area contributed by atoms with Crippen molar-refractivity contribution in [3.63, 3.8) is 0 Å². The van der Waals surface area contributed by atoms with Gasteiger partial charge in [0, 0.05) is 27.6 Å². The van der Waals surface area contributed by atoms with E-state index in [-0.39, 0.29) is 5.91 Å². The number of nitrogens with zero attached hydrogens (tertiary/aromatic N) is 1. The zero-order chi connectivity index (χ0) is 15.6. The summed E-state index contributed by atoms with van der Waals surface area (Å²) < 4.78 is 2.03. The molecule has 0 aliphatic heterocycles. The van der Waals surface area contributed by atoms with Crippen molar-refractivity contribution < 1.29 is 4.79 Å². The van der Waals surface area contributed by atoms with Gasteiger partial charge in [-0.25, -0.2) is 0 Å². The molecular formula is C16H21BrN2OS. The Kier molecular flexibility index (Phi) is 5.27. The Labute approximate surface area is 138 Å². The van der Waals surface area contributed by atoms with E-state index in [1.54, 1.807) is 0 Å². The second kappa shape index (κ2) is 6.79. The molecule has 0 saturated heterocycles. The summed E-state index contributed by atoms with van der Waals surface area (Å²) in [4.78, 5) is 15.3. The van der Waals surface area contributed by atoms with Gasteiger partial charge in [0.2, 0.25) is 0 Å². The van der Waals surface area contributed by atoms with Crippen LogP contribution in [0, 0.1) is 5.92 Å². The van der Waals surface area contributed by atoms with E-state index in [2.05, 4.69) is 29.8 Å². The minimum atomic E-state index is 0.0487. The van der Waals surface area contributed by atoms with Crippen LogP contribution >= 0.6 is 27.3 Å². The first kappa shape index (κ1) is 16.3. The fraction of sp³-hybridized carbons (Fsp3) is 0.438. The van der Waals surface area contributed by atoms with E-state index in [9.17, 15) is 4.79 Å². The maximum absolute atomic E-state index is 12.7. The third-order valence-electron chi connectivity index (χ3n) is 3.78. The number of rotatable bonds is 5. The summed E-state index contributed by atoms with van der Waals surface area (Å²) >= 11 is 4.93. The molecule has 1 amide bonds. The molecule has 0 aliphatic rings. The van der Waals surface area contributed by atoms with E-state index < -0.39 is 0 Å². The average Bonchev–Trinajstić information content (AvgIpc) is 2.80. The number of benzene rings is 1. The molecule has 1 heterocycles. The lowest BCUT2D eigenvalue weighted by Gasteiger charge is -2.23. The van der Waals surface area contributed by atoms with E-state index >= 15 is 0 Å². The van der Waals surface area contributed by atoms with Crippen molar-refractivity contribution in [3.05, 3.63) is 27.5 Å². The quantitative estimate of drug-likeness (QED) is 0.826. The predicted molar refractivity (Wildman–Crippen MR) is 95.0 cm³/mol. The van der Waals surface area contributed by atoms with E-state index in [0.29, 0.717) is 23.0 Å². The maximum Gasteiger partial charge on any atom is 0.266 e. The molecule has 0 spiro atoms. The first-order valence-corrected chi connectivity index (χ1v) is 8.85. The van der Waals surface area contributed by atoms with E-state index in [0.717, 1.165) is 27.5 Å². The number of halogens is 1. The SMILES string of the molecule is CCC(C)CN(CC)C(=O)c1sc2ccc(Br)cc2c1N. The van der Waals surface area contributed by atoms with Crippen molar-refractivity contribution in [3.8, 4) is 0 Å². The molecule has 1 unspecified atom stereocenters. The standard InChI is InChI=1S/C16H21BrN2OS/c1-4-10(3)9-19(5-2)16(20)15-14(18)12-8-11(17)6-7-13(12)21-15/h6-8,10H,4-5,9,18H2,1-3H3. The van der Waals surface area contributed by atoms with Crippen molar-refractivity contribution in [2.24, 2.45) is 5.92 Å². The topological polar surface area (TPSA) is 46.3 Å². The number of fused-ring (bicyclic) bond motifs is 1. The molecule has 21 heavy (non-hydrogen) atoms. The molecule has 2 rings (SSSR count). The van der Waals surface area contributed by atoms with Crippen LogP contribution in [-0.4, -0.2) is 23.9 Å². The van der Waals surface area contributed by atoms with Crippen molar-refractivity contribution >= 4 is 48.9 Å². The van der Waals surface area contributed by atoms with E-state index in [4.69, 9.17) is 5.73 Å². The highest BCUT2D eigenvalue weighted by Crippen LogP contribution is 2.36. The first-order chi connectivity index (χ1) is 9.97. The van der Waals surface area contributed by atoms with Crippen molar-refractivity contribution in [1.29, 1.82) is 0 Å². The van der Waals surface area contributed by atoms with E-state index in [1.807, 2.05) is 30.0 Å². The average molecular weight is 369 g/mol. The molecule has 1 atom stereocenters. The van der Waals surface area contributed by atoms with Crippen LogP contribution in [0.15, 0.2) is 22.7 Å². The monoisotopic (exact) mass is 368 g/mol. The molecule has 0 bridgehead atoms. The molecule has 114 valence electrons. The second-order valence-electron chi connectivity index (χ2n) is 5.34. The van der Waals surface area contributed by atoms with Crippen LogP contribution in [0.1, 0.15) is 36.9 Å². The molecule has 5 heteroatoms. The highest BCUT2D eigenvalue weighted by atomic mass is 79.9. The number of hydrogen-bond acceptors (Lipinski definition) is 3. The van der Waals surface area contributed by atoms with Gasteiger partial charge in [-0.2, -0.15) is 0 Å². The van der Waals surface area contributed by atoms with Gasteiger partial charge in [0.1, 0.15) is 4.88 Å². The van der Waals surface area contributed by atoms with Gasteiger partial charge in [-0.05, 0) is 31.0 Å². The van der Waals surface area contributed by atoms with Crippen LogP contribution in [0.3, 0.4) is 0 Å². The molecular weight excluding hydrogens is 348 g/mol. The van der Waals surface area contributed by atoms with Crippen molar-refractivity contribution in [1.82, 2.24) is 4.90 Å². The number of anilines is 1. The Morgan fingerprint density at radius 1 is 1.43 bits per heavy atom. The summed E-state index contributed by atoms with van der Waals surface area (Å²) in [5.41, 5.74) is 6.81. The molecule has 0 saturated carbocycles. The lowest BCUT2D eigenvalue weighted by molar-refractivity contribution is 0.0747. The Hall–Kier alpha value is -1.07. The first-order valence-electron chi connectivity index (χ1n) is 7.24. The van der Waals surface area contributed by atoms with Crippen molar-refractivity contribution in [2.45, 2.75) is 27.2 Å². The number of thiophene rings is 1. The molecule has 3 nitrogen and oxygen atoms in total. The highest BCUT2D eigenvalue weighted by molar-refractivity contribution is 9.10. The minimum absolute atomic E-state index is 0.0487. The molecule has 2 aromatic rings. The molecule has 0 aliphatic carbocycles. The fourth-order valence-corrected chi connectivity index (χ4v) is 3.68. The van der Waals surface area contributed by atoms with Gasteiger partial charge in [0.25, 0.3) is 5.91 Å². The molecule has 2 N–H and O–H groups in total. The fourth-order valence-electron chi connectivity index (χ4n) is 2.25. The highest BCUT2D eigenvalue weighted by Gasteiger charge is 2.22. The Balaban J connectivity index is 2.36. The van der Waals surface area contributed by atoms with Gasteiger partial charge in [-0.3, -0.25) is 4.79 Å². The third kappa shape index (κ3) is 3.40. The lowest BCUT2D eigenvalue weighted by atomic mass is 10.1. The van der Waals surface area contributed by atoms with Gasteiger partial charge in [-0.15, -0.1) is 11.3 Å². The van der Waals surface area contributed by atoms with Gasteiger partial charge in [0.05, 0.1) is 5.69 Å². The summed E-state index contributed by atoms with van der Waals surface area (Å²) in [6, 6.07) is 5.95. The van der Waals surface area contributed by atoms with Crippen LogP contribution in [0.2, 0.25) is 0 Å². The Bertz CT molecular complexity index is 653. The summed E-state index contributed by atoms with van der Waals surface area (Å²) in [5.74, 6) is 0.547. The van der Waals surface area contributed by atoms with Gasteiger partial charge < -0.3 is 10.6 Å².